The smallest absolute Gasteiger partial charge is 0.207 e. The van der Waals surface area contributed by atoms with Crippen LogP contribution in [0.15, 0.2) is 22.7 Å². The van der Waals surface area contributed by atoms with Crippen LogP contribution in [0.1, 0.15) is 5.56 Å². The van der Waals surface area contributed by atoms with Gasteiger partial charge in [-0.2, -0.15) is 8.78 Å². The molecule has 2 rings (SSSR count). The molecule has 0 saturated carbocycles. The highest BCUT2D eigenvalue weighted by atomic mass is 79.9. The second-order valence-electron chi connectivity index (χ2n) is 3.97. The molecule has 112 valence electrons. The fourth-order valence-corrected chi connectivity index (χ4v) is 2.07. The lowest BCUT2D eigenvalue weighted by Crippen LogP contribution is -2.07. The Bertz CT molecular complexity index is 654. The average Bonchev–Trinajstić information content (AvgIpc) is 2.42. The molecular formula is C13H5BrF6O. The largest absolute Gasteiger partial charge is 0.483 e. The molecule has 0 aliphatic rings. The van der Waals surface area contributed by atoms with Gasteiger partial charge in [-0.25, -0.2) is 17.6 Å². The van der Waals surface area contributed by atoms with E-state index in [2.05, 4.69) is 20.7 Å². The molecule has 0 saturated heterocycles. The molecular weight excluding hydrogens is 366 g/mol. The first-order valence-corrected chi connectivity index (χ1v) is 6.19. The van der Waals surface area contributed by atoms with Crippen molar-refractivity contribution in [3.63, 3.8) is 0 Å². The fraction of sp³-hybridized carbons (Fsp3) is 0.0769. The zero-order valence-corrected chi connectivity index (χ0v) is 11.6. The number of hydrogen-bond donors (Lipinski definition) is 0. The van der Waals surface area contributed by atoms with Gasteiger partial charge in [0.2, 0.25) is 29.1 Å². The molecule has 0 atom stereocenters. The molecule has 0 unspecified atom stereocenters. The van der Waals surface area contributed by atoms with E-state index in [9.17, 15) is 26.3 Å². The molecule has 21 heavy (non-hydrogen) atoms. The van der Waals surface area contributed by atoms with E-state index in [1.54, 1.807) is 0 Å². The molecule has 0 fully saturated rings. The Morgan fingerprint density at radius 1 is 0.762 bits per heavy atom. The third-order valence-corrected chi connectivity index (χ3v) is 2.93. The minimum absolute atomic E-state index is 0.144. The van der Waals surface area contributed by atoms with Crippen molar-refractivity contribution in [2.75, 3.05) is 0 Å². The summed E-state index contributed by atoms with van der Waals surface area (Å²) in [7, 11) is 0. The Hall–Kier alpha value is -1.70. The van der Waals surface area contributed by atoms with Crippen molar-refractivity contribution >= 4 is 15.9 Å². The lowest BCUT2D eigenvalue weighted by atomic mass is 10.2. The standard InChI is InChI=1S/C13H5BrF6O/c14-6-1-5(2-7(15)3-6)4-21-13-11(19)9(17)8(16)10(18)12(13)20/h1-3H,4H2. The van der Waals surface area contributed by atoms with E-state index in [-0.39, 0.29) is 5.56 Å². The monoisotopic (exact) mass is 370 g/mol. The Morgan fingerprint density at radius 2 is 1.29 bits per heavy atom. The van der Waals surface area contributed by atoms with E-state index < -0.39 is 47.3 Å². The third-order valence-electron chi connectivity index (χ3n) is 2.48. The summed E-state index contributed by atoms with van der Waals surface area (Å²) < 4.78 is 83.4. The normalized spacial score (nSPS) is 10.8. The van der Waals surface area contributed by atoms with Crippen molar-refractivity contribution in [2.45, 2.75) is 6.61 Å². The number of halogens is 7. The first kappa shape index (κ1) is 15.7. The molecule has 0 heterocycles. The van der Waals surface area contributed by atoms with Gasteiger partial charge in [0, 0.05) is 4.47 Å². The number of ether oxygens (including phenoxy) is 1. The van der Waals surface area contributed by atoms with Gasteiger partial charge >= 0.3 is 0 Å². The zero-order chi connectivity index (χ0) is 15.7. The highest BCUT2D eigenvalue weighted by Crippen LogP contribution is 2.30. The van der Waals surface area contributed by atoms with Crippen LogP contribution in [0.4, 0.5) is 26.3 Å². The molecule has 0 aliphatic carbocycles. The van der Waals surface area contributed by atoms with Crippen molar-refractivity contribution in [2.24, 2.45) is 0 Å². The Balaban J connectivity index is 2.32. The van der Waals surface area contributed by atoms with Crippen molar-refractivity contribution in [1.82, 2.24) is 0 Å². The highest BCUT2D eigenvalue weighted by Gasteiger charge is 2.27. The fourth-order valence-electron chi connectivity index (χ4n) is 1.56. The molecule has 2 aromatic carbocycles. The maximum Gasteiger partial charge on any atom is 0.207 e. The van der Waals surface area contributed by atoms with Crippen LogP contribution >= 0.6 is 15.9 Å². The average molecular weight is 371 g/mol. The van der Waals surface area contributed by atoms with Crippen molar-refractivity contribution in [3.8, 4) is 5.75 Å². The summed E-state index contributed by atoms with van der Waals surface area (Å²) in [5.74, 6) is -12.7. The van der Waals surface area contributed by atoms with Gasteiger partial charge in [0.05, 0.1) is 0 Å². The van der Waals surface area contributed by atoms with Gasteiger partial charge in [-0.15, -0.1) is 0 Å². The first-order chi connectivity index (χ1) is 9.81. The van der Waals surface area contributed by atoms with Crippen LogP contribution in [-0.2, 0) is 6.61 Å². The second-order valence-corrected chi connectivity index (χ2v) is 4.88. The van der Waals surface area contributed by atoms with E-state index in [1.807, 2.05) is 0 Å². The summed E-state index contributed by atoms with van der Waals surface area (Å²) in [4.78, 5) is 0. The molecule has 1 nitrogen and oxygen atoms in total. The predicted molar refractivity (Wildman–Crippen MR) is 64.7 cm³/mol. The maximum absolute atomic E-state index is 13.3. The molecule has 0 aromatic heterocycles. The minimum atomic E-state index is -2.27. The molecule has 0 amide bonds. The van der Waals surface area contributed by atoms with E-state index >= 15 is 0 Å². The van der Waals surface area contributed by atoms with Crippen molar-refractivity contribution in [3.05, 3.63) is 63.1 Å². The summed E-state index contributed by atoms with van der Waals surface area (Å²) in [6.07, 6.45) is 0. The van der Waals surface area contributed by atoms with E-state index in [1.165, 1.54) is 6.07 Å². The van der Waals surface area contributed by atoms with Crippen LogP contribution in [0.5, 0.6) is 5.75 Å². The molecule has 0 radical (unpaired) electrons. The van der Waals surface area contributed by atoms with Crippen LogP contribution in [0.3, 0.4) is 0 Å². The van der Waals surface area contributed by atoms with Crippen LogP contribution in [0.2, 0.25) is 0 Å². The number of rotatable bonds is 3. The topological polar surface area (TPSA) is 9.23 Å². The van der Waals surface area contributed by atoms with E-state index in [0.29, 0.717) is 4.47 Å². The van der Waals surface area contributed by atoms with Gasteiger partial charge in [0.1, 0.15) is 12.4 Å². The predicted octanol–water partition coefficient (Wildman–Crippen LogP) is 4.86. The summed E-state index contributed by atoms with van der Waals surface area (Å²) in [6.45, 7) is -0.575. The number of benzene rings is 2. The molecule has 0 aliphatic heterocycles. The zero-order valence-electron chi connectivity index (χ0n) is 9.99. The second kappa shape index (κ2) is 5.97. The highest BCUT2D eigenvalue weighted by molar-refractivity contribution is 9.10. The summed E-state index contributed by atoms with van der Waals surface area (Å²) >= 11 is 2.99. The molecule has 0 N–H and O–H groups in total. The van der Waals surface area contributed by atoms with Crippen molar-refractivity contribution < 1.29 is 31.1 Å². The van der Waals surface area contributed by atoms with E-state index in [0.717, 1.165) is 12.1 Å². The third kappa shape index (κ3) is 3.15. The Labute approximate surface area is 123 Å². The van der Waals surface area contributed by atoms with Gasteiger partial charge in [-0.1, -0.05) is 15.9 Å². The van der Waals surface area contributed by atoms with Gasteiger partial charge in [0.15, 0.2) is 5.75 Å². The lowest BCUT2D eigenvalue weighted by Gasteiger charge is -2.10. The lowest BCUT2D eigenvalue weighted by molar-refractivity contribution is 0.253. The van der Waals surface area contributed by atoms with Crippen LogP contribution < -0.4 is 4.74 Å². The maximum atomic E-state index is 13.3. The Morgan fingerprint density at radius 3 is 1.81 bits per heavy atom. The summed E-state index contributed by atoms with van der Waals surface area (Å²) in [5, 5.41) is 0. The quantitative estimate of drug-likeness (QED) is 0.425. The van der Waals surface area contributed by atoms with Crippen molar-refractivity contribution in [1.29, 1.82) is 0 Å². The minimum Gasteiger partial charge on any atom is -0.483 e. The molecule has 8 heteroatoms. The summed E-state index contributed by atoms with van der Waals surface area (Å²) in [6, 6.07) is 3.49. The first-order valence-electron chi connectivity index (χ1n) is 5.40. The van der Waals surface area contributed by atoms with Crippen LogP contribution in [-0.4, -0.2) is 0 Å². The number of hydrogen-bond acceptors (Lipinski definition) is 1. The molecule has 0 bridgehead atoms. The van der Waals surface area contributed by atoms with Crippen LogP contribution in [0, 0.1) is 34.9 Å². The van der Waals surface area contributed by atoms with Gasteiger partial charge in [-0.05, 0) is 23.8 Å². The van der Waals surface area contributed by atoms with Gasteiger partial charge < -0.3 is 4.74 Å². The Kier molecular flexibility index (Phi) is 4.46. The molecule has 2 aromatic rings. The van der Waals surface area contributed by atoms with Gasteiger partial charge in [-0.3, -0.25) is 0 Å². The summed E-state index contributed by atoms with van der Waals surface area (Å²) in [5.41, 5.74) is 0.144. The molecule has 0 spiro atoms. The van der Waals surface area contributed by atoms with Gasteiger partial charge in [0.25, 0.3) is 0 Å². The van der Waals surface area contributed by atoms with E-state index in [4.69, 9.17) is 0 Å². The SMILES string of the molecule is Fc1cc(Br)cc(COc2c(F)c(F)c(F)c(F)c2F)c1. The van der Waals surface area contributed by atoms with Crippen LogP contribution in [0.25, 0.3) is 0 Å².